The molecular weight excluding hydrogens is 592 g/mol. The molecule has 0 spiro atoms. The van der Waals surface area contributed by atoms with Crippen molar-refractivity contribution in [3.8, 4) is 17.3 Å². The first-order valence-electron chi connectivity index (χ1n) is 14.0. The number of pyridine rings is 1. The maximum absolute atomic E-state index is 16.8. The van der Waals surface area contributed by atoms with Crippen molar-refractivity contribution >= 4 is 49.4 Å². The zero-order valence-electron chi connectivity index (χ0n) is 24.9. The molecule has 5 heterocycles. The number of nitrogens with one attached hydrogen (secondary N) is 1. The summed E-state index contributed by atoms with van der Waals surface area (Å²) in [5.41, 5.74) is -0.00985. The summed E-state index contributed by atoms with van der Waals surface area (Å²) in [4.78, 5) is 29.9. The number of thiophene rings is 1. The van der Waals surface area contributed by atoms with Crippen LogP contribution in [0.3, 0.4) is 0 Å². The van der Waals surface area contributed by atoms with Crippen LogP contribution in [0.25, 0.3) is 32.2 Å². The third-order valence-electron chi connectivity index (χ3n) is 8.18. The van der Waals surface area contributed by atoms with Crippen molar-refractivity contribution in [1.29, 1.82) is 5.26 Å². The minimum absolute atomic E-state index is 0.0363. The predicted molar refractivity (Wildman–Crippen MR) is 161 cm³/mol. The molecule has 2 aliphatic rings. The van der Waals surface area contributed by atoms with Gasteiger partial charge in [0.25, 0.3) is 0 Å². The molecule has 0 bridgehead atoms. The van der Waals surface area contributed by atoms with Crippen molar-refractivity contribution in [1.82, 2.24) is 19.9 Å². The van der Waals surface area contributed by atoms with E-state index in [-0.39, 0.29) is 57.2 Å². The van der Waals surface area contributed by atoms with Crippen LogP contribution in [0, 0.1) is 23.0 Å². The smallest absolute Gasteiger partial charge is 0.412 e. The number of likely N-dealkylation sites (N-methyl/N-ethyl adjacent to an activating group) is 1. The lowest BCUT2D eigenvalue weighted by molar-refractivity contribution is 0.0636. The Kier molecular flexibility index (Phi) is 7.40. The molecule has 4 aromatic rings. The number of carbonyl (C=O) groups excluding carboxylic acids is 1. The lowest BCUT2D eigenvalue weighted by Crippen LogP contribution is -2.49. The fourth-order valence-electron chi connectivity index (χ4n) is 5.82. The van der Waals surface area contributed by atoms with Crippen LogP contribution < -0.4 is 10.2 Å². The van der Waals surface area contributed by atoms with Crippen molar-refractivity contribution in [2.75, 3.05) is 44.0 Å². The van der Waals surface area contributed by atoms with E-state index in [0.717, 1.165) is 17.5 Å². The first-order valence-corrected chi connectivity index (χ1v) is 14.8. The van der Waals surface area contributed by atoms with Gasteiger partial charge in [-0.15, -0.1) is 11.3 Å². The van der Waals surface area contributed by atoms with Crippen molar-refractivity contribution in [3.63, 3.8) is 0 Å². The molecular formula is C30H31F2N7O4S. The summed E-state index contributed by atoms with van der Waals surface area (Å²) < 4.78 is 43.0. The molecule has 1 saturated heterocycles. The van der Waals surface area contributed by atoms with Crippen molar-refractivity contribution in [2.24, 2.45) is 0 Å². The monoisotopic (exact) mass is 623 g/mol. The van der Waals surface area contributed by atoms with Gasteiger partial charge in [-0.2, -0.15) is 5.26 Å². The predicted octanol–water partition coefficient (Wildman–Crippen LogP) is 4.94. The average Bonchev–Trinajstić information content (AvgIpc) is 3.71. The van der Waals surface area contributed by atoms with Crippen LogP contribution in [0.2, 0.25) is 0 Å². The molecule has 2 N–H and O–H groups in total. The van der Waals surface area contributed by atoms with E-state index in [0.29, 0.717) is 42.0 Å². The number of benzene rings is 1. The third kappa shape index (κ3) is 4.89. The summed E-state index contributed by atoms with van der Waals surface area (Å²) >= 11 is 0.845. The largest absolute Gasteiger partial charge is 0.444 e. The first-order chi connectivity index (χ1) is 20.9. The topological polar surface area (TPSA) is 137 Å². The van der Waals surface area contributed by atoms with E-state index in [2.05, 4.69) is 20.3 Å². The van der Waals surface area contributed by atoms with E-state index < -0.39 is 28.9 Å². The van der Waals surface area contributed by atoms with Crippen LogP contribution in [-0.4, -0.2) is 76.0 Å². The quantitative estimate of drug-likeness (QED) is 0.315. The summed E-state index contributed by atoms with van der Waals surface area (Å²) in [6, 6.07) is 2.04. The van der Waals surface area contributed by atoms with Gasteiger partial charge in [-0.1, -0.05) is 0 Å². The minimum atomic E-state index is -0.813. The number of aromatic nitrogens is 3. The van der Waals surface area contributed by atoms with Gasteiger partial charge >= 0.3 is 6.09 Å². The van der Waals surface area contributed by atoms with Crippen LogP contribution in [-0.2, 0) is 22.7 Å². The molecule has 0 saturated carbocycles. The second-order valence-electron chi connectivity index (χ2n) is 12.2. The molecule has 6 rings (SSSR count). The number of hydrogen-bond acceptors (Lipinski definition) is 11. The molecule has 11 nitrogen and oxygen atoms in total. The zero-order valence-corrected chi connectivity index (χ0v) is 25.7. The van der Waals surface area contributed by atoms with Crippen LogP contribution in [0.5, 0.6) is 0 Å². The Labute approximate surface area is 256 Å². The number of rotatable bonds is 5. The summed E-state index contributed by atoms with van der Waals surface area (Å²) in [5.74, 6) is -1.11. The Morgan fingerprint density at radius 2 is 2.02 bits per heavy atom. The van der Waals surface area contributed by atoms with Crippen molar-refractivity contribution in [2.45, 2.75) is 51.5 Å². The molecule has 44 heavy (non-hydrogen) atoms. The number of aliphatic hydroxyl groups excluding tert-OH is 1. The van der Waals surface area contributed by atoms with E-state index in [1.807, 2.05) is 30.0 Å². The molecule has 1 atom stereocenters. The number of nitrogens with zero attached hydrogens (tertiary/aromatic N) is 6. The molecule has 1 unspecified atom stereocenters. The highest BCUT2D eigenvalue weighted by Gasteiger charge is 2.41. The van der Waals surface area contributed by atoms with Gasteiger partial charge < -0.3 is 19.5 Å². The number of nitriles is 1. The van der Waals surface area contributed by atoms with Crippen molar-refractivity contribution < 1.29 is 28.2 Å². The molecule has 1 fully saturated rings. The number of amides is 1. The van der Waals surface area contributed by atoms with Crippen LogP contribution >= 0.6 is 11.3 Å². The summed E-state index contributed by atoms with van der Waals surface area (Å²) in [7, 11) is 3.81. The Morgan fingerprint density at radius 1 is 1.27 bits per heavy atom. The first kappa shape index (κ1) is 30.0. The van der Waals surface area contributed by atoms with E-state index >= 15 is 8.78 Å². The Hall–Kier alpha value is -4.03. The second-order valence-corrected chi connectivity index (χ2v) is 13.2. The van der Waals surface area contributed by atoms with Gasteiger partial charge in [-0.05, 0) is 52.4 Å². The van der Waals surface area contributed by atoms with Crippen LogP contribution in [0.15, 0.2) is 12.4 Å². The minimum Gasteiger partial charge on any atom is -0.444 e. The zero-order chi connectivity index (χ0) is 31.6. The van der Waals surface area contributed by atoms with Gasteiger partial charge in [-0.25, -0.2) is 23.5 Å². The number of hydrogen-bond donors (Lipinski definition) is 2. The number of ether oxygens (including phenoxy) is 2. The Balaban J connectivity index is 1.52. The summed E-state index contributed by atoms with van der Waals surface area (Å²) in [6.07, 6.45) is 2.42. The Morgan fingerprint density at radius 3 is 2.68 bits per heavy atom. The van der Waals surface area contributed by atoms with Gasteiger partial charge in [0, 0.05) is 35.6 Å². The van der Waals surface area contributed by atoms with E-state index in [1.54, 1.807) is 27.0 Å². The number of anilines is 2. The average molecular weight is 624 g/mol. The lowest BCUT2D eigenvalue weighted by Gasteiger charge is -2.34. The van der Waals surface area contributed by atoms with E-state index in [4.69, 9.17) is 9.47 Å². The van der Waals surface area contributed by atoms with Gasteiger partial charge in [-0.3, -0.25) is 15.2 Å². The molecule has 1 aromatic carbocycles. The molecule has 230 valence electrons. The fourth-order valence-corrected chi connectivity index (χ4v) is 6.86. The lowest BCUT2D eigenvalue weighted by atomic mass is 9.94. The van der Waals surface area contributed by atoms with Crippen LogP contribution in [0.4, 0.5) is 24.5 Å². The Bertz CT molecular complexity index is 1870. The molecule has 0 radical (unpaired) electrons. The van der Waals surface area contributed by atoms with Gasteiger partial charge in [0.1, 0.15) is 22.2 Å². The molecule has 3 aromatic heterocycles. The molecule has 2 aliphatic heterocycles. The highest BCUT2D eigenvalue weighted by molar-refractivity contribution is 7.23. The summed E-state index contributed by atoms with van der Waals surface area (Å²) in [5, 5.41) is 23.4. The highest BCUT2D eigenvalue weighted by Crippen LogP contribution is 2.46. The standard InChI is InChI=1S/C30H31F2N7O4S/c1-29(2,3)43-28(41)37-26-15(8-33)21-24(34-10-19(31)25(21)44-26)20-18-12-42-11-17(18)16-9-35-27(36-23(16)22(20)32)39-7-6-30(13-39,14-40)38(4)5/h9-10,40H,6-7,11-14H2,1-5H3,(H,37,41). The number of fused-ring (bicyclic) bond motifs is 4. The van der Waals surface area contributed by atoms with Crippen molar-refractivity contribution in [3.05, 3.63) is 40.7 Å². The third-order valence-corrected chi connectivity index (χ3v) is 9.29. The highest BCUT2D eigenvalue weighted by atomic mass is 32.1. The molecule has 0 aliphatic carbocycles. The SMILES string of the molecule is CN(C)C1(CO)CCN(c2ncc3c4c(c(-c5ncc(F)c6sc(NC(=O)OC(C)(C)C)c(C#N)c56)c(F)c3n2)COC4)C1. The van der Waals surface area contributed by atoms with E-state index in [1.165, 1.54) is 0 Å². The molecule has 14 heteroatoms. The van der Waals surface area contributed by atoms with Gasteiger partial charge in [0.15, 0.2) is 11.6 Å². The normalized spacial score (nSPS) is 18.3. The fraction of sp³-hybridized carbons (Fsp3) is 0.433. The number of halogens is 2. The summed E-state index contributed by atoms with van der Waals surface area (Å²) in [6.45, 7) is 6.32. The second kappa shape index (κ2) is 10.8. The van der Waals surface area contributed by atoms with Crippen LogP contribution in [0.1, 0.15) is 43.9 Å². The van der Waals surface area contributed by atoms with Gasteiger partial charge in [0.05, 0.1) is 47.5 Å². The maximum Gasteiger partial charge on any atom is 0.412 e. The van der Waals surface area contributed by atoms with Gasteiger partial charge in [0.2, 0.25) is 5.95 Å². The van der Waals surface area contributed by atoms with E-state index in [9.17, 15) is 15.2 Å². The molecule has 1 amide bonds. The number of aliphatic hydroxyl groups is 1. The maximum atomic E-state index is 16.8. The number of carbonyl (C=O) groups is 1.